The highest BCUT2D eigenvalue weighted by Crippen LogP contribution is 2.12. The van der Waals surface area contributed by atoms with Gasteiger partial charge in [0, 0.05) is 14.2 Å². The normalized spacial score (nSPS) is 13.2. The minimum atomic E-state index is -0.120. The van der Waals surface area contributed by atoms with Gasteiger partial charge in [-0.25, -0.2) is 0 Å². The highest BCUT2D eigenvalue weighted by atomic mass is 16.7. The number of nitrogens with one attached hydrogen (secondary N) is 1. The quantitative estimate of drug-likeness (QED) is 0.404. The number of hydrogen-bond donors (Lipinski definition) is 1. The van der Waals surface area contributed by atoms with Gasteiger partial charge in [-0.3, -0.25) is 0 Å². The van der Waals surface area contributed by atoms with Crippen LogP contribution in [-0.4, -0.2) is 33.1 Å². The zero-order chi connectivity index (χ0) is 13.6. The van der Waals surface area contributed by atoms with E-state index >= 15 is 0 Å². The average molecular weight is 259 g/mol. The van der Waals surface area contributed by atoms with Crippen molar-refractivity contribution < 1.29 is 9.47 Å². The minimum Gasteiger partial charge on any atom is -0.354 e. The monoisotopic (exact) mass is 259 g/mol. The van der Waals surface area contributed by atoms with Gasteiger partial charge in [-0.1, -0.05) is 58.8 Å². The standard InChI is InChI=1S/C15H33NO2/c1-5-7-8-9-10-11-12-13-14(16-6-2)15(17-3)18-4/h14-16H,5-13H2,1-4H3. The molecule has 1 unspecified atom stereocenters. The highest BCUT2D eigenvalue weighted by Gasteiger charge is 2.18. The first-order chi connectivity index (χ1) is 8.79. The SMILES string of the molecule is CCCCCCCCCC(NCC)C(OC)OC. The molecule has 0 aliphatic heterocycles. The van der Waals surface area contributed by atoms with Gasteiger partial charge in [0.1, 0.15) is 0 Å². The molecule has 1 atom stereocenters. The Kier molecular flexibility index (Phi) is 13.2. The van der Waals surface area contributed by atoms with Crippen LogP contribution in [0.15, 0.2) is 0 Å². The zero-order valence-corrected chi connectivity index (χ0v) is 12.8. The van der Waals surface area contributed by atoms with Crippen LogP contribution in [0.25, 0.3) is 0 Å². The van der Waals surface area contributed by atoms with E-state index in [2.05, 4.69) is 19.2 Å². The average Bonchev–Trinajstić information content (AvgIpc) is 2.39. The van der Waals surface area contributed by atoms with Crippen LogP contribution < -0.4 is 5.32 Å². The van der Waals surface area contributed by atoms with Gasteiger partial charge in [-0.2, -0.15) is 0 Å². The van der Waals surface area contributed by atoms with Crippen molar-refractivity contribution >= 4 is 0 Å². The van der Waals surface area contributed by atoms with Gasteiger partial charge in [0.15, 0.2) is 6.29 Å². The maximum absolute atomic E-state index is 5.34. The maximum atomic E-state index is 5.34. The van der Waals surface area contributed by atoms with Crippen LogP contribution in [0.4, 0.5) is 0 Å². The second-order valence-corrected chi connectivity index (χ2v) is 4.91. The molecule has 0 aliphatic rings. The molecule has 0 spiro atoms. The van der Waals surface area contributed by atoms with Crippen LogP contribution in [0, 0.1) is 0 Å². The van der Waals surface area contributed by atoms with Crippen molar-refractivity contribution in [1.82, 2.24) is 5.32 Å². The molecule has 3 nitrogen and oxygen atoms in total. The van der Waals surface area contributed by atoms with E-state index in [9.17, 15) is 0 Å². The first-order valence-corrected chi connectivity index (χ1v) is 7.59. The number of methoxy groups -OCH3 is 2. The number of ether oxygens (including phenoxy) is 2. The molecule has 0 saturated carbocycles. The van der Waals surface area contributed by atoms with E-state index in [4.69, 9.17) is 9.47 Å². The van der Waals surface area contributed by atoms with E-state index in [1.165, 1.54) is 44.9 Å². The van der Waals surface area contributed by atoms with Crippen LogP contribution in [0.5, 0.6) is 0 Å². The molecule has 0 aromatic heterocycles. The molecular formula is C15H33NO2. The Morgan fingerprint density at radius 2 is 1.39 bits per heavy atom. The summed E-state index contributed by atoms with van der Waals surface area (Å²) in [4.78, 5) is 0. The number of hydrogen-bond acceptors (Lipinski definition) is 3. The summed E-state index contributed by atoms with van der Waals surface area (Å²) in [5, 5.41) is 3.45. The summed E-state index contributed by atoms with van der Waals surface area (Å²) in [5.74, 6) is 0. The topological polar surface area (TPSA) is 30.5 Å². The predicted octanol–water partition coefficient (Wildman–Crippen LogP) is 3.72. The molecular weight excluding hydrogens is 226 g/mol. The molecule has 0 rings (SSSR count). The van der Waals surface area contributed by atoms with Crippen LogP contribution in [-0.2, 0) is 9.47 Å². The number of likely N-dealkylation sites (N-methyl/N-ethyl adjacent to an activating group) is 1. The largest absolute Gasteiger partial charge is 0.354 e. The second kappa shape index (κ2) is 13.3. The number of unbranched alkanes of at least 4 members (excludes halogenated alkanes) is 6. The molecule has 0 heterocycles. The van der Waals surface area contributed by atoms with Gasteiger partial charge in [0.2, 0.25) is 0 Å². The Morgan fingerprint density at radius 1 is 0.833 bits per heavy atom. The van der Waals surface area contributed by atoms with E-state index in [-0.39, 0.29) is 6.29 Å². The van der Waals surface area contributed by atoms with Crippen molar-refractivity contribution in [3.63, 3.8) is 0 Å². The summed E-state index contributed by atoms with van der Waals surface area (Å²) in [6, 6.07) is 0.320. The third kappa shape index (κ3) is 8.90. The molecule has 0 fully saturated rings. The molecule has 3 heteroatoms. The molecule has 0 aliphatic carbocycles. The molecule has 0 aromatic carbocycles. The van der Waals surface area contributed by atoms with Crippen molar-refractivity contribution in [2.75, 3.05) is 20.8 Å². The summed E-state index contributed by atoms with van der Waals surface area (Å²) in [6.07, 6.45) is 10.5. The van der Waals surface area contributed by atoms with Crippen LogP contribution in [0.3, 0.4) is 0 Å². The van der Waals surface area contributed by atoms with E-state index in [0.717, 1.165) is 13.0 Å². The Balaban J connectivity index is 3.63. The fourth-order valence-electron chi connectivity index (χ4n) is 2.34. The van der Waals surface area contributed by atoms with Gasteiger partial charge >= 0.3 is 0 Å². The molecule has 0 radical (unpaired) electrons. The van der Waals surface area contributed by atoms with Crippen molar-refractivity contribution in [3.8, 4) is 0 Å². The first-order valence-electron chi connectivity index (χ1n) is 7.59. The summed E-state index contributed by atoms with van der Waals surface area (Å²) in [5.41, 5.74) is 0. The van der Waals surface area contributed by atoms with E-state index in [0.29, 0.717) is 6.04 Å². The Bertz CT molecular complexity index is 161. The fraction of sp³-hybridized carbons (Fsp3) is 1.00. The summed E-state index contributed by atoms with van der Waals surface area (Å²) >= 11 is 0. The van der Waals surface area contributed by atoms with Gasteiger partial charge < -0.3 is 14.8 Å². The third-order valence-electron chi connectivity index (χ3n) is 3.38. The van der Waals surface area contributed by atoms with Crippen molar-refractivity contribution in [2.45, 2.75) is 77.5 Å². The molecule has 0 saturated heterocycles. The fourth-order valence-corrected chi connectivity index (χ4v) is 2.34. The van der Waals surface area contributed by atoms with Crippen LogP contribution in [0.1, 0.15) is 65.2 Å². The Hall–Kier alpha value is -0.120. The van der Waals surface area contributed by atoms with Gasteiger partial charge in [0.25, 0.3) is 0 Å². The lowest BCUT2D eigenvalue weighted by Crippen LogP contribution is -2.41. The van der Waals surface area contributed by atoms with Gasteiger partial charge in [0.05, 0.1) is 6.04 Å². The maximum Gasteiger partial charge on any atom is 0.171 e. The molecule has 0 aromatic rings. The lowest BCUT2D eigenvalue weighted by molar-refractivity contribution is -0.124. The summed E-state index contributed by atoms with van der Waals surface area (Å²) < 4.78 is 10.7. The smallest absolute Gasteiger partial charge is 0.171 e. The second-order valence-electron chi connectivity index (χ2n) is 4.91. The van der Waals surface area contributed by atoms with E-state index in [1.54, 1.807) is 14.2 Å². The summed E-state index contributed by atoms with van der Waals surface area (Å²) in [7, 11) is 3.42. The molecule has 0 bridgehead atoms. The van der Waals surface area contributed by atoms with Crippen molar-refractivity contribution in [2.24, 2.45) is 0 Å². The van der Waals surface area contributed by atoms with Crippen molar-refractivity contribution in [3.05, 3.63) is 0 Å². The molecule has 0 amide bonds. The Labute approximate surface area is 114 Å². The third-order valence-corrected chi connectivity index (χ3v) is 3.38. The Morgan fingerprint density at radius 3 is 1.89 bits per heavy atom. The molecule has 1 N–H and O–H groups in total. The predicted molar refractivity (Wildman–Crippen MR) is 77.9 cm³/mol. The van der Waals surface area contributed by atoms with Crippen molar-refractivity contribution in [1.29, 1.82) is 0 Å². The van der Waals surface area contributed by atoms with Gasteiger partial charge in [-0.15, -0.1) is 0 Å². The van der Waals surface area contributed by atoms with Gasteiger partial charge in [-0.05, 0) is 13.0 Å². The first kappa shape index (κ1) is 17.9. The minimum absolute atomic E-state index is 0.120. The van der Waals surface area contributed by atoms with E-state index in [1.807, 2.05) is 0 Å². The van der Waals surface area contributed by atoms with Crippen LogP contribution in [0.2, 0.25) is 0 Å². The zero-order valence-electron chi connectivity index (χ0n) is 12.8. The van der Waals surface area contributed by atoms with E-state index < -0.39 is 0 Å². The lowest BCUT2D eigenvalue weighted by Gasteiger charge is -2.25. The van der Waals surface area contributed by atoms with Crippen LogP contribution >= 0.6 is 0 Å². The highest BCUT2D eigenvalue weighted by molar-refractivity contribution is 4.70. The number of rotatable bonds is 13. The molecule has 18 heavy (non-hydrogen) atoms. The lowest BCUT2D eigenvalue weighted by atomic mass is 10.0. The summed E-state index contributed by atoms with van der Waals surface area (Å²) in [6.45, 7) is 5.35. The molecule has 110 valence electrons.